The van der Waals surface area contributed by atoms with Gasteiger partial charge in [0.05, 0.1) is 0 Å². The van der Waals surface area contributed by atoms with E-state index in [-0.39, 0.29) is 23.1 Å². The van der Waals surface area contributed by atoms with E-state index in [0.29, 0.717) is 6.42 Å². The van der Waals surface area contributed by atoms with Crippen molar-refractivity contribution in [1.29, 1.82) is 0 Å². The summed E-state index contributed by atoms with van der Waals surface area (Å²) in [5.74, 6) is -0.402. The fourth-order valence-electron chi connectivity index (χ4n) is 2.81. The third kappa shape index (κ3) is 2.30. The average molecular weight is 245 g/mol. The Hall–Kier alpha value is -1.64. The van der Waals surface area contributed by atoms with Gasteiger partial charge in [-0.3, -0.25) is 14.9 Å². The van der Waals surface area contributed by atoms with Gasteiger partial charge in [-0.25, -0.2) is 0 Å². The van der Waals surface area contributed by atoms with E-state index in [1.807, 2.05) is 25.1 Å². The van der Waals surface area contributed by atoms with Crippen LogP contribution in [0, 0.1) is 11.3 Å². The van der Waals surface area contributed by atoms with Crippen molar-refractivity contribution < 1.29 is 9.59 Å². The Balaban J connectivity index is 2.29. The Bertz CT molecular complexity index is 455. The van der Waals surface area contributed by atoms with Crippen LogP contribution in [0.15, 0.2) is 30.3 Å². The lowest BCUT2D eigenvalue weighted by Crippen LogP contribution is -2.51. The van der Waals surface area contributed by atoms with Crippen molar-refractivity contribution in [3.63, 3.8) is 0 Å². The Morgan fingerprint density at radius 2 is 1.94 bits per heavy atom. The van der Waals surface area contributed by atoms with E-state index in [0.717, 1.165) is 12.8 Å². The summed E-state index contributed by atoms with van der Waals surface area (Å²) in [6.45, 7) is 3.99. The van der Waals surface area contributed by atoms with Gasteiger partial charge in [-0.05, 0) is 23.8 Å². The number of carbonyl (C=O) groups is 2. The number of amides is 2. The highest BCUT2D eigenvalue weighted by atomic mass is 16.2. The molecule has 1 heterocycles. The van der Waals surface area contributed by atoms with E-state index >= 15 is 0 Å². The molecule has 2 amide bonds. The number of piperidine rings is 1. The highest BCUT2D eigenvalue weighted by molar-refractivity contribution is 5.99. The Labute approximate surface area is 108 Å². The largest absolute Gasteiger partial charge is 0.296 e. The number of benzene rings is 1. The molecule has 3 nitrogen and oxygen atoms in total. The Morgan fingerprint density at radius 1 is 1.28 bits per heavy atom. The molecule has 1 saturated heterocycles. The number of hydrogen-bond donors (Lipinski definition) is 1. The van der Waals surface area contributed by atoms with Gasteiger partial charge in [-0.2, -0.15) is 0 Å². The van der Waals surface area contributed by atoms with Gasteiger partial charge in [-0.1, -0.05) is 44.2 Å². The average Bonchev–Trinajstić information content (AvgIpc) is 2.36. The van der Waals surface area contributed by atoms with Crippen LogP contribution in [0.4, 0.5) is 0 Å². The van der Waals surface area contributed by atoms with E-state index in [4.69, 9.17) is 0 Å². The van der Waals surface area contributed by atoms with Gasteiger partial charge < -0.3 is 0 Å². The quantitative estimate of drug-likeness (QED) is 0.831. The maximum Gasteiger partial charge on any atom is 0.229 e. The molecule has 1 aromatic carbocycles. The first kappa shape index (κ1) is 12.8. The van der Waals surface area contributed by atoms with Crippen molar-refractivity contribution in [3.8, 4) is 0 Å². The summed E-state index contributed by atoms with van der Waals surface area (Å²) >= 11 is 0. The Kier molecular flexibility index (Phi) is 3.50. The second-order valence-electron chi connectivity index (χ2n) is 5.19. The topological polar surface area (TPSA) is 46.2 Å². The zero-order valence-electron chi connectivity index (χ0n) is 10.9. The van der Waals surface area contributed by atoms with Crippen molar-refractivity contribution in [2.75, 3.05) is 0 Å². The summed E-state index contributed by atoms with van der Waals surface area (Å²) in [5, 5.41) is 2.43. The molecule has 1 aromatic rings. The number of carbonyl (C=O) groups excluding carboxylic acids is 2. The van der Waals surface area contributed by atoms with Crippen LogP contribution in [-0.2, 0) is 16.0 Å². The molecule has 1 aliphatic rings. The van der Waals surface area contributed by atoms with Crippen LogP contribution in [0.3, 0.4) is 0 Å². The van der Waals surface area contributed by atoms with Crippen LogP contribution in [0.2, 0.25) is 0 Å². The molecule has 2 atom stereocenters. The first-order valence-corrected chi connectivity index (χ1v) is 6.45. The lowest BCUT2D eigenvalue weighted by molar-refractivity contribution is -0.143. The predicted molar refractivity (Wildman–Crippen MR) is 69.8 cm³/mol. The maximum absolute atomic E-state index is 11.8. The highest BCUT2D eigenvalue weighted by Crippen LogP contribution is 2.41. The van der Waals surface area contributed by atoms with Crippen molar-refractivity contribution in [2.24, 2.45) is 11.3 Å². The lowest BCUT2D eigenvalue weighted by atomic mass is 9.65. The number of hydrogen-bond acceptors (Lipinski definition) is 2. The third-order valence-electron chi connectivity index (χ3n) is 4.19. The van der Waals surface area contributed by atoms with Gasteiger partial charge in [0.2, 0.25) is 11.8 Å². The predicted octanol–water partition coefficient (Wildman–Crippen LogP) is 2.31. The molecular weight excluding hydrogens is 226 g/mol. The molecule has 0 aromatic heterocycles. The van der Waals surface area contributed by atoms with Gasteiger partial charge in [0.15, 0.2) is 0 Å². The van der Waals surface area contributed by atoms with Crippen molar-refractivity contribution in [1.82, 2.24) is 5.32 Å². The summed E-state index contributed by atoms with van der Waals surface area (Å²) in [5.41, 5.74) is 0.953. The summed E-state index contributed by atoms with van der Waals surface area (Å²) in [6, 6.07) is 10.1. The third-order valence-corrected chi connectivity index (χ3v) is 4.19. The molecular formula is C15H19NO2. The maximum atomic E-state index is 11.8. The zero-order valence-corrected chi connectivity index (χ0v) is 10.9. The van der Waals surface area contributed by atoms with E-state index < -0.39 is 0 Å². The second kappa shape index (κ2) is 4.92. The molecule has 18 heavy (non-hydrogen) atoms. The van der Waals surface area contributed by atoms with Gasteiger partial charge >= 0.3 is 0 Å². The minimum atomic E-state index is -0.235. The van der Waals surface area contributed by atoms with Gasteiger partial charge in [0, 0.05) is 12.3 Å². The van der Waals surface area contributed by atoms with E-state index in [1.165, 1.54) is 5.56 Å². The number of nitrogens with one attached hydrogen (secondary N) is 1. The van der Waals surface area contributed by atoms with Gasteiger partial charge in [0.1, 0.15) is 0 Å². The fourth-order valence-corrected chi connectivity index (χ4v) is 2.81. The zero-order chi connectivity index (χ0) is 13.2. The highest BCUT2D eigenvalue weighted by Gasteiger charge is 2.44. The van der Waals surface area contributed by atoms with Crippen LogP contribution in [0.25, 0.3) is 0 Å². The molecule has 1 fully saturated rings. The molecule has 96 valence electrons. The van der Waals surface area contributed by atoms with Crippen LogP contribution in [0.1, 0.15) is 32.3 Å². The molecule has 3 heteroatoms. The van der Waals surface area contributed by atoms with Crippen molar-refractivity contribution in [3.05, 3.63) is 35.9 Å². The lowest BCUT2D eigenvalue weighted by Gasteiger charge is -2.40. The number of rotatable bonds is 3. The molecule has 2 rings (SSSR count). The normalized spacial score (nSPS) is 28.0. The molecule has 0 saturated carbocycles. The summed E-state index contributed by atoms with van der Waals surface area (Å²) in [6.07, 6.45) is 2.05. The first-order valence-electron chi connectivity index (χ1n) is 6.45. The summed E-state index contributed by atoms with van der Waals surface area (Å²) in [4.78, 5) is 23.5. The Morgan fingerprint density at radius 3 is 2.56 bits per heavy atom. The van der Waals surface area contributed by atoms with Crippen molar-refractivity contribution >= 4 is 11.8 Å². The molecule has 2 unspecified atom stereocenters. The second-order valence-corrected chi connectivity index (χ2v) is 5.19. The molecule has 0 aliphatic carbocycles. The fraction of sp³-hybridized carbons (Fsp3) is 0.467. The molecule has 1 N–H and O–H groups in total. The van der Waals surface area contributed by atoms with Crippen LogP contribution >= 0.6 is 0 Å². The van der Waals surface area contributed by atoms with Gasteiger partial charge in [-0.15, -0.1) is 0 Å². The minimum absolute atomic E-state index is 0.125. The van der Waals surface area contributed by atoms with E-state index in [9.17, 15) is 9.59 Å². The standard InChI is InChI=1S/C15H19NO2/c1-3-15(9-12-7-5-4-6-8-12)10-13(17)16-14(18)11(15)2/h4-8,11H,3,9-10H2,1-2H3,(H,16,17,18). The first-order chi connectivity index (χ1) is 8.57. The van der Waals surface area contributed by atoms with Crippen LogP contribution in [0.5, 0.6) is 0 Å². The van der Waals surface area contributed by atoms with Gasteiger partial charge in [0.25, 0.3) is 0 Å². The minimum Gasteiger partial charge on any atom is -0.296 e. The molecule has 1 aliphatic heterocycles. The number of imide groups is 1. The van der Waals surface area contributed by atoms with Crippen LogP contribution < -0.4 is 5.32 Å². The van der Waals surface area contributed by atoms with Crippen molar-refractivity contribution in [2.45, 2.75) is 33.1 Å². The molecule has 0 spiro atoms. The smallest absolute Gasteiger partial charge is 0.229 e. The monoisotopic (exact) mass is 245 g/mol. The SMILES string of the molecule is CCC1(Cc2ccccc2)CC(=O)NC(=O)C1C. The van der Waals surface area contributed by atoms with E-state index in [2.05, 4.69) is 24.4 Å². The summed E-state index contributed by atoms with van der Waals surface area (Å²) < 4.78 is 0. The van der Waals surface area contributed by atoms with E-state index in [1.54, 1.807) is 0 Å². The molecule has 0 bridgehead atoms. The molecule has 0 radical (unpaired) electrons. The summed E-state index contributed by atoms with van der Waals surface area (Å²) in [7, 11) is 0. The van der Waals surface area contributed by atoms with Crippen LogP contribution in [-0.4, -0.2) is 11.8 Å².